The molecule has 0 spiro atoms. The van der Waals surface area contributed by atoms with Gasteiger partial charge >= 0.3 is 0 Å². The number of nitrogens with one attached hydrogen (secondary N) is 2. The Hall–Kier alpha value is -1.89. The number of benzene rings is 1. The summed E-state index contributed by atoms with van der Waals surface area (Å²) in [6.45, 7) is 4.84. The van der Waals surface area contributed by atoms with E-state index in [4.69, 9.17) is 9.47 Å². The number of ether oxygens (including phenoxy) is 2. The summed E-state index contributed by atoms with van der Waals surface area (Å²) < 4.78 is 37.0. The van der Waals surface area contributed by atoms with E-state index in [1.807, 2.05) is 6.92 Å². The predicted octanol–water partition coefficient (Wildman–Crippen LogP) is 2.08. The quantitative estimate of drug-likeness (QED) is 0.457. The van der Waals surface area contributed by atoms with Crippen LogP contribution in [0.1, 0.15) is 19.8 Å². The van der Waals surface area contributed by atoms with Gasteiger partial charge in [-0.2, -0.15) is 0 Å². The van der Waals surface area contributed by atoms with Crippen LogP contribution in [0.2, 0.25) is 0 Å². The van der Waals surface area contributed by atoms with Crippen molar-refractivity contribution < 1.29 is 18.3 Å². The van der Waals surface area contributed by atoms with Gasteiger partial charge in [-0.15, -0.1) is 0 Å². The van der Waals surface area contributed by atoms with E-state index in [-0.39, 0.29) is 18.5 Å². The molecule has 0 aromatic heterocycles. The van der Waals surface area contributed by atoms with Crippen LogP contribution in [-0.2, 0) is 4.74 Å². The zero-order chi connectivity index (χ0) is 16.5. The van der Waals surface area contributed by atoms with E-state index >= 15 is 0 Å². The van der Waals surface area contributed by atoms with Crippen LogP contribution in [0.5, 0.6) is 5.75 Å². The Morgan fingerprint density at radius 1 is 1.39 bits per heavy atom. The number of nitrogens with zero attached hydrogens (tertiary/aromatic N) is 1. The van der Waals surface area contributed by atoms with Crippen LogP contribution in [0.25, 0.3) is 0 Å². The summed E-state index contributed by atoms with van der Waals surface area (Å²) in [5.74, 6) is -0.617. The van der Waals surface area contributed by atoms with Gasteiger partial charge in [-0.1, -0.05) is 0 Å². The summed E-state index contributed by atoms with van der Waals surface area (Å²) >= 11 is 0. The van der Waals surface area contributed by atoms with E-state index in [1.54, 1.807) is 0 Å². The lowest BCUT2D eigenvalue weighted by Gasteiger charge is -2.13. The molecule has 0 aliphatic carbocycles. The highest BCUT2D eigenvalue weighted by atomic mass is 19.1. The van der Waals surface area contributed by atoms with Crippen LogP contribution in [0.3, 0.4) is 0 Å². The molecular formula is C16H23F2N3O2. The molecule has 128 valence electrons. The highest BCUT2D eigenvalue weighted by Gasteiger charge is 2.14. The smallest absolute Gasteiger partial charge is 0.191 e. The molecule has 2 N–H and O–H groups in total. The van der Waals surface area contributed by atoms with Gasteiger partial charge in [0.05, 0.1) is 19.2 Å². The van der Waals surface area contributed by atoms with Crippen molar-refractivity contribution in [3.8, 4) is 5.75 Å². The maximum Gasteiger partial charge on any atom is 0.191 e. The summed E-state index contributed by atoms with van der Waals surface area (Å²) in [5, 5.41) is 6.24. The van der Waals surface area contributed by atoms with E-state index in [9.17, 15) is 8.78 Å². The molecule has 1 atom stereocenters. The fourth-order valence-corrected chi connectivity index (χ4v) is 2.25. The molecule has 1 saturated heterocycles. The lowest BCUT2D eigenvalue weighted by molar-refractivity contribution is 0.117. The maximum absolute atomic E-state index is 13.4. The first kappa shape index (κ1) is 17.5. The molecule has 1 aliphatic heterocycles. The monoisotopic (exact) mass is 327 g/mol. The van der Waals surface area contributed by atoms with E-state index in [0.29, 0.717) is 19.0 Å². The largest absolute Gasteiger partial charge is 0.489 e. The molecule has 0 radical (unpaired) electrons. The van der Waals surface area contributed by atoms with E-state index in [1.165, 1.54) is 12.1 Å². The van der Waals surface area contributed by atoms with E-state index < -0.39 is 11.6 Å². The first-order chi connectivity index (χ1) is 11.2. The van der Waals surface area contributed by atoms with Gasteiger partial charge in [-0.25, -0.2) is 8.78 Å². The average molecular weight is 327 g/mol. The standard InChI is InChI=1S/C16H23F2N3O2/c1-2-19-16(21-11-13-4-3-8-22-13)20-7-9-23-15-6-5-12(17)10-14(15)18/h5-6,10,13H,2-4,7-9,11H2,1H3,(H2,19,20,21). The molecule has 0 amide bonds. The Morgan fingerprint density at radius 3 is 2.96 bits per heavy atom. The van der Waals surface area contributed by atoms with E-state index in [0.717, 1.165) is 32.1 Å². The minimum Gasteiger partial charge on any atom is -0.489 e. The van der Waals surface area contributed by atoms with Crippen molar-refractivity contribution in [3.63, 3.8) is 0 Å². The molecule has 0 bridgehead atoms. The number of hydrogen-bond acceptors (Lipinski definition) is 3. The molecule has 1 fully saturated rings. The normalized spacial score (nSPS) is 18.0. The molecular weight excluding hydrogens is 304 g/mol. The van der Waals surface area contributed by atoms with Gasteiger partial charge in [0, 0.05) is 19.2 Å². The number of halogens is 2. The van der Waals surface area contributed by atoms with Crippen molar-refractivity contribution in [2.45, 2.75) is 25.9 Å². The Kier molecular flexibility index (Phi) is 7.06. The van der Waals surface area contributed by atoms with Gasteiger partial charge < -0.3 is 20.1 Å². The van der Waals surface area contributed by atoms with Crippen LogP contribution in [0.4, 0.5) is 8.78 Å². The number of hydrogen-bond donors (Lipinski definition) is 2. The van der Waals surface area contributed by atoms with Crippen LogP contribution < -0.4 is 15.4 Å². The van der Waals surface area contributed by atoms with Gasteiger partial charge in [-0.05, 0) is 31.9 Å². The average Bonchev–Trinajstić information content (AvgIpc) is 3.04. The Bertz CT molecular complexity index is 520. The lowest BCUT2D eigenvalue weighted by Crippen LogP contribution is -2.39. The molecule has 2 rings (SSSR count). The Balaban J connectivity index is 1.73. The Labute approximate surface area is 135 Å². The molecule has 0 saturated carbocycles. The summed E-state index contributed by atoms with van der Waals surface area (Å²) in [7, 11) is 0. The second kappa shape index (κ2) is 9.29. The van der Waals surface area contributed by atoms with Gasteiger partial charge in [0.25, 0.3) is 0 Å². The van der Waals surface area contributed by atoms with Crippen molar-refractivity contribution in [1.82, 2.24) is 10.6 Å². The fourth-order valence-electron chi connectivity index (χ4n) is 2.25. The van der Waals surface area contributed by atoms with Crippen LogP contribution >= 0.6 is 0 Å². The summed E-state index contributed by atoms with van der Waals surface area (Å²) in [5.41, 5.74) is 0. The first-order valence-electron chi connectivity index (χ1n) is 7.90. The summed E-state index contributed by atoms with van der Waals surface area (Å²) in [6, 6.07) is 3.25. The Morgan fingerprint density at radius 2 is 2.26 bits per heavy atom. The third-order valence-electron chi connectivity index (χ3n) is 3.37. The van der Waals surface area contributed by atoms with Crippen LogP contribution in [0, 0.1) is 11.6 Å². The molecule has 1 heterocycles. The van der Waals surface area contributed by atoms with Crippen molar-refractivity contribution in [1.29, 1.82) is 0 Å². The maximum atomic E-state index is 13.4. The second-order valence-corrected chi connectivity index (χ2v) is 5.20. The second-order valence-electron chi connectivity index (χ2n) is 5.20. The van der Waals surface area contributed by atoms with Crippen LogP contribution in [-0.4, -0.2) is 44.9 Å². The molecule has 1 unspecified atom stereocenters. The lowest BCUT2D eigenvalue weighted by atomic mass is 10.2. The van der Waals surface area contributed by atoms with E-state index in [2.05, 4.69) is 15.6 Å². The molecule has 1 aromatic carbocycles. The van der Waals surface area contributed by atoms with Crippen molar-refractivity contribution in [2.24, 2.45) is 4.99 Å². The fraction of sp³-hybridized carbons (Fsp3) is 0.562. The third kappa shape index (κ3) is 6.02. The third-order valence-corrected chi connectivity index (χ3v) is 3.37. The molecule has 23 heavy (non-hydrogen) atoms. The number of guanidine groups is 1. The topological polar surface area (TPSA) is 54.9 Å². The van der Waals surface area contributed by atoms with Gasteiger partial charge in [-0.3, -0.25) is 4.99 Å². The highest BCUT2D eigenvalue weighted by molar-refractivity contribution is 5.79. The minimum absolute atomic E-state index is 0.0366. The number of rotatable bonds is 7. The molecule has 1 aliphatic rings. The van der Waals surface area contributed by atoms with Crippen LogP contribution in [0.15, 0.2) is 23.2 Å². The zero-order valence-electron chi connectivity index (χ0n) is 13.3. The number of aliphatic imine (C=N–C) groups is 1. The minimum atomic E-state index is -0.705. The molecule has 5 nitrogen and oxygen atoms in total. The van der Waals surface area contributed by atoms with Gasteiger partial charge in [0.1, 0.15) is 12.4 Å². The van der Waals surface area contributed by atoms with Crippen molar-refractivity contribution in [2.75, 3.05) is 32.8 Å². The van der Waals surface area contributed by atoms with Gasteiger partial charge in [0.2, 0.25) is 0 Å². The predicted molar refractivity (Wildman–Crippen MR) is 84.8 cm³/mol. The SMILES string of the molecule is CCNC(=NCC1CCCO1)NCCOc1ccc(F)cc1F. The first-order valence-corrected chi connectivity index (χ1v) is 7.90. The summed E-state index contributed by atoms with van der Waals surface area (Å²) in [6.07, 6.45) is 2.31. The van der Waals surface area contributed by atoms with Crippen molar-refractivity contribution >= 4 is 5.96 Å². The molecule has 7 heteroatoms. The molecule has 1 aromatic rings. The van der Waals surface area contributed by atoms with Gasteiger partial charge in [0.15, 0.2) is 17.5 Å². The zero-order valence-corrected chi connectivity index (χ0v) is 13.3. The van der Waals surface area contributed by atoms with Crippen molar-refractivity contribution in [3.05, 3.63) is 29.8 Å². The summed E-state index contributed by atoms with van der Waals surface area (Å²) in [4.78, 5) is 4.46. The highest BCUT2D eigenvalue weighted by Crippen LogP contribution is 2.17.